The Morgan fingerprint density at radius 1 is 1.39 bits per heavy atom. The standard InChI is InChI=1S/C15H23NO2/c1-5-18-15(17)11-16(4)10-13-7-6-8-14(9-13)12(2)3/h6-9,12H,5,10-11H2,1-4H3. The van der Waals surface area contributed by atoms with Gasteiger partial charge in [0.05, 0.1) is 13.2 Å². The zero-order chi connectivity index (χ0) is 13.5. The molecule has 1 aromatic rings. The van der Waals surface area contributed by atoms with Gasteiger partial charge >= 0.3 is 5.97 Å². The molecule has 0 unspecified atom stereocenters. The maximum Gasteiger partial charge on any atom is 0.320 e. The Hall–Kier alpha value is -1.35. The molecule has 0 bridgehead atoms. The quantitative estimate of drug-likeness (QED) is 0.726. The molecule has 0 aliphatic heterocycles. The van der Waals surface area contributed by atoms with Crippen LogP contribution in [-0.2, 0) is 16.1 Å². The molecule has 0 saturated heterocycles. The van der Waals surface area contributed by atoms with Gasteiger partial charge in [0, 0.05) is 6.54 Å². The number of rotatable bonds is 6. The summed E-state index contributed by atoms with van der Waals surface area (Å²) in [5.74, 6) is 0.361. The molecular weight excluding hydrogens is 226 g/mol. The van der Waals surface area contributed by atoms with Crippen LogP contribution in [0.5, 0.6) is 0 Å². The Morgan fingerprint density at radius 2 is 2.11 bits per heavy atom. The highest BCUT2D eigenvalue weighted by Crippen LogP contribution is 2.16. The molecule has 100 valence electrons. The Morgan fingerprint density at radius 3 is 2.72 bits per heavy atom. The molecule has 0 radical (unpaired) electrons. The maximum atomic E-state index is 11.4. The van der Waals surface area contributed by atoms with Gasteiger partial charge in [-0.2, -0.15) is 0 Å². The topological polar surface area (TPSA) is 29.5 Å². The molecule has 0 N–H and O–H groups in total. The highest BCUT2D eigenvalue weighted by Gasteiger charge is 2.08. The number of hydrogen-bond donors (Lipinski definition) is 0. The van der Waals surface area contributed by atoms with Crippen LogP contribution < -0.4 is 0 Å². The summed E-state index contributed by atoms with van der Waals surface area (Å²) in [5, 5.41) is 0. The van der Waals surface area contributed by atoms with Crippen molar-refractivity contribution in [2.75, 3.05) is 20.2 Å². The fourth-order valence-corrected chi connectivity index (χ4v) is 1.85. The van der Waals surface area contributed by atoms with E-state index in [-0.39, 0.29) is 5.97 Å². The van der Waals surface area contributed by atoms with Crippen LogP contribution in [0.3, 0.4) is 0 Å². The van der Waals surface area contributed by atoms with Crippen LogP contribution in [-0.4, -0.2) is 31.1 Å². The van der Waals surface area contributed by atoms with Gasteiger partial charge in [0.25, 0.3) is 0 Å². The normalized spacial score (nSPS) is 11.0. The van der Waals surface area contributed by atoms with Crippen LogP contribution in [0.2, 0.25) is 0 Å². The van der Waals surface area contributed by atoms with Crippen molar-refractivity contribution in [1.29, 1.82) is 0 Å². The molecule has 18 heavy (non-hydrogen) atoms. The number of ether oxygens (including phenoxy) is 1. The predicted octanol–water partition coefficient (Wildman–Crippen LogP) is 2.80. The third-order valence-electron chi connectivity index (χ3n) is 2.77. The molecular formula is C15H23NO2. The van der Waals surface area contributed by atoms with Crippen LogP contribution in [0, 0.1) is 0 Å². The van der Waals surface area contributed by atoms with Gasteiger partial charge in [-0.05, 0) is 31.0 Å². The third kappa shape index (κ3) is 4.88. The van der Waals surface area contributed by atoms with E-state index in [1.165, 1.54) is 11.1 Å². The second-order valence-corrected chi connectivity index (χ2v) is 4.88. The molecule has 0 saturated carbocycles. The van der Waals surface area contributed by atoms with Gasteiger partial charge in [-0.25, -0.2) is 0 Å². The number of likely N-dealkylation sites (N-methyl/N-ethyl adjacent to an activating group) is 1. The van der Waals surface area contributed by atoms with E-state index in [0.29, 0.717) is 19.1 Å². The summed E-state index contributed by atoms with van der Waals surface area (Å²) < 4.78 is 4.93. The van der Waals surface area contributed by atoms with Crippen LogP contribution in [0.25, 0.3) is 0 Å². The third-order valence-corrected chi connectivity index (χ3v) is 2.77. The van der Waals surface area contributed by atoms with Crippen molar-refractivity contribution in [2.45, 2.75) is 33.2 Å². The minimum Gasteiger partial charge on any atom is -0.465 e. The monoisotopic (exact) mass is 249 g/mol. The lowest BCUT2D eigenvalue weighted by Gasteiger charge is -2.16. The largest absolute Gasteiger partial charge is 0.465 e. The van der Waals surface area contributed by atoms with Crippen molar-refractivity contribution in [3.8, 4) is 0 Å². The lowest BCUT2D eigenvalue weighted by molar-refractivity contribution is -0.144. The summed E-state index contributed by atoms with van der Waals surface area (Å²) in [6.45, 7) is 7.72. The van der Waals surface area contributed by atoms with E-state index in [2.05, 4.69) is 38.1 Å². The van der Waals surface area contributed by atoms with Crippen molar-refractivity contribution in [1.82, 2.24) is 4.90 Å². The molecule has 0 aliphatic rings. The van der Waals surface area contributed by atoms with Gasteiger partial charge in [-0.1, -0.05) is 38.1 Å². The molecule has 0 aromatic heterocycles. The molecule has 0 heterocycles. The number of hydrogen-bond acceptors (Lipinski definition) is 3. The summed E-state index contributed by atoms with van der Waals surface area (Å²) >= 11 is 0. The first kappa shape index (κ1) is 14.7. The second kappa shape index (κ2) is 7.17. The second-order valence-electron chi connectivity index (χ2n) is 4.88. The van der Waals surface area contributed by atoms with Crippen LogP contribution >= 0.6 is 0 Å². The Bertz CT molecular complexity index is 388. The Kier molecular flexibility index (Phi) is 5.86. The molecule has 0 atom stereocenters. The average molecular weight is 249 g/mol. The first-order valence-corrected chi connectivity index (χ1v) is 6.46. The van der Waals surface area contributed by atoms with E-state index < -0.39 is 0 Å². The molecule has 0 amide bonds. The first-order chi connectivity index (χ1) is 8.52. The summed E-state index contributed by atoms with van der Waals surface area (Å²) in [6.07, 6.45) is 0. The molecule has 3 heteroatoms. The first-order valence-electron chi connectivity index (χ1n) is 6.46. The molecule has 0 fully saturated rings. The number of carbonyl (C=O) groups excluding carboxylic acids is 1. The summed E-state index contributed by atoms with van der Waals surface area (Å²) in [6, 6.07) is 8.50. The fraction of sp³-hybridized carbons (Fsp3) is 0.533. The highest BCUT2D eigenvalue weighted by atomic mass is 16.5. The Labute approximate surface area is 110 Å². The van der Waals surface area contributed by atoms with Crippen molar-refractivity contribution in [3.05, 3.63) is 35.4 Å². The minimum atomic E-state index is -0.167. The number of carbonyl (C=O) groups is 1. The number of nitrogens with zero attached hydrogens (tertiary/aromatic N) is 1. The smallest absolute Gasteiger partial charge is 0.320 e. The summed E-state index contributed by atoms with van der Waals surface area (Å²) in [5.41, 5.74) is 2.56. The average Bonchev–Trinajstić information content (AvgIpc) is 2.29. The number of esters is 1. The van der Waals surface area contributed by atoms with Crippen molar-refractivity contribution >= 4 is 5.97 Å². The maximum absolute atomic E-state index is 11.4. The van der Waals surface area contributed by atoms with Gasteiger partial charge in [0.2, 0.25) is 0 Å². The Balaban J connectivity index is 2.56. The lowest BCUT2D eigenvalue weighted by atomic mass is 10.0. The summed E-state index contributed by atoms with van der Waals surface area (Å²) in [4.78, 5) is 13.3. The zero-order valence-corrected chi connectivity index (χ0v) is 11.8. The minimum absolute atomic E-state index is 0.167. The number of benzene rings is 1. The molecule has 3 nitrogen and oxygen atoms in total. The zero-order valence-electron chi connectivity index (χ0n) is 11.8. The molecule has 1 rings (SSSR count). The molecule has 0 aliphatic carbocycles. The molecule has 1 aromatic carbocycles. The van der Waals surface area contributed by atoms with Crippen molar-refractivity contribution < 1.29 is 9.53 Å². The molecule has 0 spiro atoms. The SMILES string of the molecule is CCOC(=O)CN(C)Cc1cccc(C(C)C)c1. The van der Waals surface area contributed by atoms with E-state index >= 15 is 0 Å². The predicted molar refractivity (Wildman–Crippen MR) is 73.5 cm³/mol. The lowest BCUT2D eigenvalue weighted by Crippen LogP contribution is -2.27. The summed E-state index contributed by atoms with van der Waals surface area (Å²) in [7, 11) is 1.93. The van der Waals surface area contributed by atoms with Crippen LogP contribution in [0.15, 0.2) is 24.3 Å². The van der Waals surface area contributed by atoms with Crippen LogP contribution in [0.4, 0.5) is 0 Å². The van der Waals surface area contributed by atoms with Gasteiger partial charge in [0.15, 0.2) is 0 Å². The van der Waals surface area contributed by atoms with Crippen LogP contribution in [0.1, 0.15) is 37.8 Å². The van der Waals surface area contributed by atoms with Gasteiger partial charge in [0.1, 0.15) is 0 Å². The highest BCUT2D eigenvalue weighted by molar-refractivity contribution is 5.71. The van der Waals surface area contributed by atoms with E-state index in [1.54, 1.807) is 0 Å². The van der Waals surface area contributed by atoms with E-state index in [1.807, 2.05) is 18.9 Å². The van der Waals surface area contributed by atoms with E-state index in [0.717, 1.165) is 6.54 Å². The van der Waals surface area contributed by atoms with Gasteiger partial charge in [-0.3, -0.25) is 9.69 Å². The van der Waals surface area contributed by atoms with E-state index in [4.69, 9.17) is 4.74 Å². The van der Waals surface area contributed by atoms with Gasteiger partial charge < -0.3 is 4.74 Å². The van der Waals surface area contributed by atoms with E-state index in [9.17, 15) is 4.79 Å². The van der Waals surface area contributed by atoms with Gasteiger partial charge in [-0.15, -0.1) is 0 Å². The van der Waals surface area contributed by atoms with Crippen molar-refractivity contribution in [3.63, 3.8) is 0 Å². The fourth-order valence-electron chi connectivity index (χ4n) is 1.85. The van der Waals surface area contributed by atoms with Crippen molar-refractivity contribution in [2.24, 2.45) is 0 Å².